The number of carbonyl (C=O) groups excluding carboxylic acids is 1. The van der Waals surface area contributed by atoms with Gasteiger partial charge in [0.15, 0.2) is 5.03 Å². The monoisotopic (exact) mass is 378 g/mol. The number of amides is 1. The third kappa shape index (κ3) is 3.56. The molecule has 136 valence electrons. The van der Waals surface area contributed by atoms with Gasteiger partial charge in [0.05, 0.1) is 31.3 Å². The van der Waals surface area contributed by atoms with Gasteiger partial charge in [0.2, 0.25) is 0 Å². The Morgan fingerprint density at radius 1 is 1.42 bits per heavy atom. The second kappa shape index (κ2) is 6.82. The summed E-state index contributed by atoms with van der Waals surface area (Å²) in [5.41, 5.74) is 7.08. The number of nitrogen functional groups attached to an aromatic ring is 1. The maximum atomic E-state index is 12.7. The largest absolute Gasteiger partial charge is 0.491 e. The van der Waals surface area contributed by atoms with E-state index in [0.29, 0.717) is 5.46 Å². The molecule has 0 spiro atoms. The molecular weight excluding hydrogens is 363 g/mol. The van der Waals surface area contributed by atoms with Gasteiger partial charge in [0.1, 0.15) is 0 Å². The van der Waals surface area contributed by atoms with Crippen molar-refractivity contribution in [2.24, 2.45) is 0 Å². The lowest BCUT2D eigenvalue weighted by Crippen LogP contribution is -2.28. The van der Waals surface area contributed by atoms with Crippen LogP contribution in [0, 0.1) is 0 Å². The van der Waals surface area contributed by atoms with E-state index in [-0.39, 0.29) is 23.7 Å². The number of benzene rings is 1. The summed E-state index contributed by atoms with van der Waals surface area (Å²) in [7, 11) is -4.13. The maximum absolute atomic E-state index is 12.7. The van der Waals surface area contributed by atoms with Gasteiger partial charge in [-0.2, -0.15) is 8.42 Å². The highest BCUT2D eigenvalue weighted by molar-refractivity contribution is 7.92. The lowest BCUT2D eigenvalue weighted by Gasteiger charge is -2.13. The molecule has 1 amide bonds. The van der Waals surface area contributed by atoms with E-state index in [2.05, 4.69) is 19.8 Å². The first-order valence-electron chi connectivity index (χ1n) is 7.36. The van der Waals surface area contributed by atoms with E-state index in [0.717, 1.165) is 18.9 Å². The van der Waals surface area contributed by atoms with E-state index in [9.17, 15) is 18.2 Å². The fourth-order valence-electron chi connectivity index (χ4n) is 2.41. The Morgan fingerprint density at radius 3 is 2.92 bits per heavy atom. The molecule has 0 saturated heterocycles. The lowest BCUT2D eigenvalue weighted by atomic mass is 9.79. The summed E-state index contributed by atoms with van der Waals surface area (Å²) >= 11 is 0. The molecule has 3 rings (SSSR count). The molecule has 1 aromatic carbocycles. The van der Waals surface area contributed by atoms with E-state index >= 15 is 0 Å². The Hall–Kier alpha value is -2.83. The zero-order chi connectivity index (χ0) is 18.9. The maximum Gasteiger partial charge on any atom is 0.491 e. The van der Waals surface area contributed by atoms with Crippen LogP contribution in [-0.4, -0.2) is 38.7 Å². The van der Waals surface area contributed by atoms with Gasteiger partial charge in [-0.1, -0.05) is 6.07 Å². The number of nitrogens with two attached hydrogens (primary N) is 1. The molecule has 12 heteroatoms. The third-order valence-electron chi connectivity index (χ3n) is 3.61. The normalized spacial score (nSPS) is 13.2. The van der Waals surface area contributed by atoms with Crippen molar-refractivity contribution in [3.8, 4) is 0 Å². The minimum atomic E-state index is -4.16. The van der Waals surface area contributed by atoms with Crippen molar-refractivity contribution < 1.29 is 27.6 Å². The quantitative estimate of drug-likeness (QED) is 0.537. The summed E-state index contributed by atoms with van der Waals surface area (Å²) in [6, 6.07) is 5.89. The Labute approximate surface area is 149 Å². The van der Waals surface area contributed by atoms with Crippen LogP contribution in [0.2, 0.25) is 0 Å². The molecule has 1 aromatic heterocycles. The highest BCUT2D eigenvalue weighted by Crippen LogP contribution is 2.24. The molecule has 26 heavy (non-hydrogen) atoms. The van der Waals surface area contributed by atoms with Gasteiger partial charge in [0.25, 0.3) is 10.0 Å². The van der Waals surface area contributed by atoms with Crippen LogP contribution < -0.4 is 21.2 Å². The average molecular weight is 378 g/mol. The van der Waals surface area contributed by atoms with Crippen LogP contribution in [0.3, 0.4) is 0 Å². The second-order valence-electron chi connectivity index (χ2n) is 5.42. The molecule has 0 saturated carbocycles. The van der Waals surface area contributed by atoms with Crippen LogP contribution in [0.5, 0.6) is 0 Å². The summed E-state index contributed by atoms with van der Waals surface area (Å²) in [6.07, 6.45) is 0.281. The summed E-state index contributed by atoms with van der Waals surface area (Å²) in [4.78, 5) is 15.2. The van der Waals surface area contributed by atoms with Crippen molar-refractivity contribution in [1.82, 2.24) is 4.98 Å². The highest BCUT2D eigenvalue weighted by atomic mass is 32.2. The molecular formula is C14H15BN4O6S. The number of methoxy groups -OCH3 is 1. The number of nitrogens with one attached hydrogen (secondary N) is 2. The van der Waals surface area contributed by atoms with Crippen molar-refractivity contribution in [3.63, 3.8) is 0 Å². The van der Waals surface area contributed by atoms with Crippen LogP contribution >= 0.6 is 0 Å². The van der Waals surface area contributed by atoms with Crippen molar-refractivity contribution in [3.05, 3.63) is 36.0 Å². The van der Waals surface area contributed by atoms with Gasteiger partial charge in [-0.15, -0.1) is 0 Å². The Kier molecular flexibility index (Phi) is 4.72. The number of sulfonamides is 1. The van der Waals surface area contributed by atoms with E-state index < -0.39 is 28.3 Å². The van der Waals surface area contributed by atoms with Crippen LogP contribution in [0.15, 0.2) is 35.5 Å². The number of ether oxygens (including phenoxy) is 1. The molecule has 0 fully saturated rings. The molecule has 5 N–H and O–H groups in total. The molecule has 1 aliphatic heterocycles. The lowest BCUT2D eigenvalue weighted by molar-refractivity contribution is 0.187. The predicted molar refractivity (Wildman–Crippen MR) is 94.3 cm³/mol. The average Bonchev–Trinajstić information content (AvgIpc) is 2.95. The number of nitrogens with zero attached hydrogens (tertiary/aromatic N) is 1. The van der Waals surface area contributed by atoms with Crippen LogP contribution in [0.4, 0.5) is 21.9 Å². The first-order valence-corrected chi connectivity index (χ1v) is 8.84. The topological polar surface area (TPSA) is 153 Å². The van der Waals surface area contributed by atoms with Gasteiger partial charge in [0, 0.05) is 5.69 Å². The molecule has 0 bridgehead atoms. The number of fused-ring (bicyclic) bond motifs is 1. The van der Waals surface area contributed by atoms with Crippen molar-refractivity contribution in [1.29, 1.82) is 0 Å². The van der Waals surface area contributed by atoms with Gasteiger partial charge in [-0.25, -0.2) is 9.78 Å². The molecule has 1 aliphatic rings. The molecule has 0 unspecified atom stereocenters. The number of aromatic nitrogens is 1. The Balaban J connectivity index is 1.94. The van der Waals surface area contributed by atoms with Crippen LogP contribution in [0.25, 0.3) is 0 Å². The zero-order valence-electron chi connectivity index (χ0n) is 13.6. The third-order valence-corrected chi connectivity index (χ3v) is 4.95. The van der Waals surface area contributed by atoms with Gasteiger partial charge >= 0.3 is 13.2 Å². The van der Waals surface area contributed by atoms with E-state index in [1.807, 2.05) is 0 Å². The molecule has 10 nitrogen and oxygen atoms in total. The molecule has 2 heterocycles. The van der Waals surface area contributed by atoms with Crippen molar-refractivity contribution >= 4 is 45.8 Å². The number of rotatable bonds is 4. The summed E-state index contributed by atoms with van der Waals surface area (Å²) in [6.45, 7) is 0.246. The van der Waals surface area contributed by atoms with Crippen LogP contribution in [-0.2, 0) is 26.0 Å². The first kappa shape index (κ1) is 18.0. The number of anilines is 3. The Morgan fingerprint density at radius 2 is 2.19 bits per heavy atom. The fraction of sp³-hybridized carbons (Fsp3) is 0.143. The summed E-state index contributed by atoms with van der Waals surface area (Å²) in [5.74, 6) is 0. The fourth-order valence-corrected chi connectivity index (χ4v) is 3.54. The first-order chi connectivity index (χ1) is 12.3. The SMILES string of the molecule is COC(=O)Nc1cc(N)cnc1S(=O)(=O)Nc1ccc2c(c1)B(O)OC2. The Bertz CT molecular complexity index is 968. The van der Waals surface area contributed by atoms with E-state index in [1.54, 1.807) is 6.07 Å². The van der Waals surface area contributed by atoms with Gasteiger partial charge in [-0.05, 0) is 29.2 Å². The van der Waals surface area contributed by atoms with E-state index in [4.69, 9.17) is 10.4 Å². The molecule has 0 atom stereocenters. The number of pyridine rings is 1. The number of carbonyl (C=O) groups is 1. The predicted octanol–water partition coefficient (Wildman–Crippen LogP) is -0.139. The summed E-state index contributed by atoms with van der Waals surface area (Å²) < 4.78 is 37.3. The molecule has 0 aliphatic carbocycles. The number of hydrogen-bond donors (Lipinski definition) is 4. The second-order valence-corrected chi connectivity index (χ2v) is 7.02. The van der Waals surface area contributed by atoms with Crippen molar-refractivity contribution in [2.75, 3.05) is 22.9 Å². The minimum Gasteiger partial charge on any atom is -0.453 e. The smallest absolute Gasteiger partial charge is 0.453 e. The zero-order valence-corrected chi connectivity index (χ0v) is 14.4. The summed E-state index contributed by atoms with van der Waals surface area (Å²) in [5, 5.41) is 11.6. The molecule has 0 radical (unpaired) electrons. The molecule has 2 aromatic rings. The van der Waals surface area contributed by atoms with Crippen molar-refractivity contribution in [2.45, 2.75) is 11.6 Å². The standard InChI is InChI=1S/C14H15BN4O6S/c1-24-14(20)18-12-4-9(16)6-17-13(12)26(22,23)19-10-3-2-8-7-25-15(21)11(8)5-10/h2-6,19,21H,7,16H2,1H3,(H,18,20). The minimum absolute atomic E-state index is 0.131. The van der Waals surface area contributed by atoms with Gasteiger partial charge < -0.3 is 20.1 Å². The highest BCUT2D eigenvalue weighted by Gasteiger charge is 2.28. The van der Waals surface area contributed by atoms with Crippen LogP contribution in [0.1, 0.15) is 5.56 Å². The van der Waals surface area contributed by atoms with E-state index in [1.165, 1.54) is 18.2 Å². The number of hydrogen-bond acceptors (Lipinski definition) is 8. The van der Waals surface area contributed by atoms with Gasteiger partial charge in [-0.3, -0.25) is 10.0 Å².